The average Bonchev–Trinajstić information content (AvgIpc) is 3.52. The fraction of sp³-hybridized carbons (Fsp3) is 0.333. The minimum Gasteiger partial charge on any atom is -0.454 e. The van der Waals surface area contributed by atoms with Crippen LogP contribution >= 0.6 is 0 Å². The molecule has 0 bridgehead atoms. The number of carbonyl (C=O) groups excluding carboxylic acids is 1. The highest BCUT2D eigenvalue weighted by molar-refractivity contribution is 6.05. The molecule has 3 aromatic carbocycles. The number of allylic oxidation sites excluding steroid dienone is 1. The summed E-state index contributed by atoms with van der Waals surface area (Å²) >= 11 is 0. The first-order chi connectivity index (χ1) is 19.5. The molecule has 0 aromatic heterocycles. The summed E-state index contributed by atoms with van der Waals surface area (Å²) in [6.07, 6.45) is 7.71. The molecule has 3 aromatic rings. The van der Waals surface area contributed by atoms with Crippen LogP contribution in [0.25, 0.3) is 6.08 Å². The molecule has 4 N–H and O–H groups in total. The van der Waals surface area contributed by atoms with Crippen LogP contribution < -0.4 is 25.8 Å². The zero-order chi connectivity index (χ0) is 28.0. The maximum atomic E-state index is 12.0. The van der Waals surface area contributed by atoms with Crippen LogP contribution in [0.1, 0.15) is 50.7 Å². The van der Waals surface area contributed by atoms with Crippen molar-refractivity contribution in [2.24, 2.45) is 5.73 Å². The van der Waals surface area contributed by atoms with Gasteiger partial charge in [0.1, 0.15) is 6.54 Å². The first kappa shape index (κ1) is 27.5. The van der Waals surface area contributed by atoms with Crippen LogP contribution in [-0.2, 0) is 10.2 Å². The minimum absolute atomic E-state index is 0.0772. The molecule has 0 spiro atoms. The van der Waals surface area contributed by atoms with Gasteiger partial charge in [-0.15, -0.1) is 0 Å². The number of nitrogens with zero attached hydrogens (tertiary/aromatic N) is 1. The van der Waals surface area contributed by atoms with E-state index in [0.29, 0.717) is 19.5 Å². The Hall–Kier alpha value is -4.10. The molecule has 0 unspecified atom stereocenters. The van der Waals surface area contributed by atoms with Gasteiger partial charge in [0, 0.05) is 60.6 Å². The van der Waals surface area contributed by atoms with Gasteiger partial charge in [-0.3, -0.25) is 4.79 Å². The van der Waals surface area contributed by atoms with E-state index in [1.165, 1.54) is 17.0 Å². The van der Waals surface area contributed by atoms with Crippen LogP contribution in [0.5, 0.6) is 11.5 Å². The number of hydrogen-bond acceptors (Lipinski definition) is 5. The highest BCUT2D eigenvalue weighted by Crippen LogP contribution is 2.43. The third-order valence-corrected chi connectivity index (χ3v) is 7.55. The SMILES string of the molecule is CC1(C)C(/C=C/c2cccc3c2OCO3)=[N+](CCCCCC(=O)NCCN)c2ccc(Nc3ccccc3)cc21. The lowest BCUT2D eigenvalue weighted by atomic mass is 9.81. The van der Waals surface area contributed by atoms with Crippen molar-refractivity contribution in [2.75, 3.05) is 31.7 Å². The average molecular weight is 540 g/mol. The molecule has 0 saturated carbocycles. The summed E-state index contributed by atoms with van der Waals surface area (Å²) in [5.41, 5.74) is 12.2. The maximum Gasteiger partial charge on any atom is 0.231 e. The Morgan fingerprint density at radius 1 is 0.975 bits per heavy atom. The Bertz CT molecular complexity index is 1410. The van der Waals surface area contributed by atoms with E-state index in [0.717, 1.165) is 54.2 Å². The van der Waals surface area contributed by atoms with Crippen molar-refractivity contribution in [1.82, 2.24) is 5.32 Å². The summed E-state index contributed by atoms with van der Waals surface area (Å²) < 4.78 is 13.8. The maximum absolute atomic E-state index is 12.0. The fourth-order valence-electron chi connectivity index (χ4n) is 5.47. The van der Waals surface area contributed by atoms with Crippen molar-refractivity contribution < 1.29 is 18.8 Å². The van der Waals surface area contributed by atoms with Crippen molar-refractivity contribution in [1.29, 1.82) is 0 Å². The van der Waals surface area contributed by atoms with Gasteiger partial charge < -0.3 is 25.8 Å². The molecule has 5 rings (SSSR count). The zero-order valence-electron chi connectivity index (χ0n) is 23.4. The number of rotatable bonds is 12. The Morgan fingerprint density at radius 3 is 2.65 bits per heavy atom. The number of benzene rings is 3. The van der Waals surface area contributed by atoms with E-state index >= 15 is 0 Å². The van der Waals surface area contributed by atoms with E-state index < -0.39 is 0 Å². The molecular weight excluding hydrogens is 500 g/mol. The number of nitrogens with two attached hydrogens (primary N) is 1. The molecule has 2 aliphatic rings. The van der Waals surface area contributed by atoms with Crippen molar-refractivity contribution in [3.63, 3.8) is 0 Å². The normalized spacial score (nSPS) is 15.0. The molecule has 40 heavy (non-hydrogen) atoms. The van der Waals surface area contributed by atoms with Crippen molar-refractivity contribution in [2.45, 2.75) is 44.9 Å². The number of nitrogens with one attached hydrogen (secondary N) is 2. The number of hydrogen-bond donors (Lipinski definition) is 3. The fourth-order valence-corrected chi connectivity index (χ4v) is 5.47. The number of fused-ring (bicyclic) bond motifs is 2. The van der Waals surface area contributed by atoms with Crippen molar-refractivity contribution in [3.8, 4) is 11.5 Å². The summed E-state index contributed by atoms with van der Waals surface area (Å²) in [6, 6.07) is 22.9. The topological polar surface area (TPSA) is 88.6 Å². The first-order valence-electron chi connectivity index (χ1n) is 14.1. The molecule has 2 aliphatic heterocycles. The lowest BCUT2D eigenvalue weighted by Crippen LogP contribution is -2.28. The molecule has 0 atom stereocenters. The third-order valence-electron chi connectivity index (χ3n) is 7.55. The standard InChI is InChI=1S/C33H38N4O3/c1-33(2)27-22-26(36-25-11-5-3-6-12-25)16-17-28(27)37(21-8-4-7-14-31(38)35-20-19-34)30(33)18-15-24-10-9-13-29-32(24)40-23-39-29/h3,5-6,9-13,15-18,22,36H,4,7-8,14,19-21,23,34H2,1-2H3/p+1/b18-15+. The Labute approximate surface area is 236 Å². The Morgan fingerprint density at radius 2 is 1.82 bits per heavy atom. The lowest BCUT2D eigenvalue weighted by molar-refractivity contribution is -0.438. The van der Waals surface area contributed by atoms with Crippen LogP contribution in [0.15, 0.2) is 72.8 Å². The summed E-state index contributed by atoms with van der Waals surface area (Å²) in [5, 5.41) is 6.41. The molecule has 7 heteroatoms. The predicted octanol–water partition coefficient (Wildman–Crippen LogP) is 5.88. The Kier molecular flexibility index (Phi) is 8.51. The quantitative estimate of drug-likeness (QED) is 0.198. The summed E-state index contributed by atoms with van der Waals surface area (Å²) in [4.78, 5) is 12.0. The largest absolute Gasteiger partial charge is 0.454 e. The first-order valence-corrected chi connectivity index (χ1v) is 14.1. The lowest BCUT2D eigenvalue weighted by Gasteiger charge is -2.17. The minimum atomic E-state index is -0.211. The molecule has 208 valence electrons. The predicted molar refractivity (Wildman–Crippen MR) is 161 cm³/mol. The number of carbonyl (C=O) groups is 1. The molecule has 0 saturated heterocycles. The van der Waals surface area contributed by atoms with Gasteiger partial charge in [-0.2, -0.15) is 4.58 Å². The number of ether oxygens (including phenoxy) is 2. The number of amides is 1. The summed E-state index contributed by atoms with van der Waals surface area (Å²) in [5.74, 6) is 1.65. The van der Waals surface area contributed by atoms with Crippen LogP contribution in [-0.4, -0.2) is 42.6 Å². The molecule has 0 fully saturated rings. The Balaban J connectivity index is 1.39. The van der Waals surface area contributed by atoms with Gasteiger partial charge in [-0.05, 0) is 63.1 Å². The van der Waals surface area contributed by atoms with Gasteiger partial charge in [0.25, 0.3) is 0 Å². The van der Waals surface area contributed by atoms with Crippen LogP contribution in [0, 0.1) is 0 Å². The van der Waals surface area contributed by atoms with Crippen LogP contribution in [0.3, 0.4) is 0 Å². The van der Waals surface area contributed by atoms with E-state index in [2.05, 4.69) is 77.6 Å². The second kappa shape index (κ2) is 12.4. The summed E-state index contributed by atoms with van der Waals surface area (Å²) in [7, 11) is 0. The smallest absolute Gasteiger partial charge is 0.231 e. The van der Waals surface area contributed by atoms with Gasteiger partial charge >= 0.3 is 0 Å². The third kappa shape index (κ3) is 6.05. The van der Waals surface area contributed by atoms with E-state index in [1.54, 1.807) is 0 Å². The second-order valence-electron chi connectivity index (χ2n) is 10.7. The number of anilines is 2. The molecule has 2 heterocycles. The molecule has 0 radical (unpaired) electrons. The van der Waals surface area contributed by atoms with E-state index in [-0.39, 0.29) is 18.1 Å². The zero-order valence-corrected chi connectivity index (χ0v) is 23.4. The molecule has 1 amide bonds. The van der Waals surface area contributed by atoms with E-state index in [1.807, 2.05) is 30.3 Å². The molecular formula is C33H39N4O3+. The van der Waals surface area contributed by atoms with E-state index in [9.17, 15) is 4.79 Å². The monoisotopic (exact) mass is 539 g/mol. The van der Waals surface area contributed by atoms with Gasteiger partial charge in [0.05, 0.1) is 5.41 Å². The molecule has 7 nitrogen and oxygen atoms in total. The highest BCUT2D eigenvalue weighted by Gasteiger charge is 2.44. The van der Waals surface area contributed by atoms with Gasteiger partial charge in [0.15, 0.2) is 17.2 Å². The second-order valence-corrected chi connectivity index (χ2v) is 10.7. The van der Waals surface area contributed by atoms with Crippen LogP contribution in [0.4, 0.5) is 17.1 Å². The van der Waals surface area contributed by atoms with Crippen molar-refractivity contribution >= 4 is 34.8 Å². The van der Waals surface area contributed by atoms with Gasteiger partial charge in [0.2, 0.25) is 18.4 Å². The highest BCUT2D eigenvalue weighted by atomic mass is 16.7. The number of unbranched alkanes of at least 4 members (excludes halogenated alkanes) is 2. The van der Waals surface area contributed by atoms with E-state index in [4.69, 9.17) is 15.2 Å². The van der Waals surface area contributed by atoms with Gasteiger partial charge in [-0.1, -0.05) is 30.3 Å². The number of para-hydroxylation sites is 2. The van der Waals surface area contributed by atoms with Crippen LogP contribution in [0.2, 0.25) is 0 Å². The van der Waals surface area contributed by atoms with Crippen molar-refractivity contribution in [3.05, 3.63) is 83.9 Å². The summed E-state index contributed by atoms with van der Waals surface area (Å²) in [6.45, 7) is 6.70. The molecule has 0 aliphatic carbocycles. The van der Waals surface area contributed by atoms with Gasteiger partial charge in [-0.25, -0.2) is 0 Å².